The fraction of sp³-hybridized carbons (Fsp3) is 0.318. The van der Waals surface area contributed by atoms with Gasteiger partial charge in [-0.15, -0.1) is 5.10 Å². The Morgan fingerprint density at radius 2 is 2.04 bits per heavy atom. The lowest BCUT2D eigenvalue weighted by Gasteiger charge is -2.23. The Morgan fingerprint density at radius 1 is 1.14 bits per heavy atom. The van der Waals surface area contributed by atoms with Crippen molar-refractivity contribution in [1.29, 1.82) is 0 Å². The van der Waals surface area contributed by atoms with Crippen molar-refractivity contribution in [3.8, 4) is 11.1 Å². The van der Waals surface area contributed by atoms with Crippen LogP contribution in [0.4, 0.5) is 5.95 Å². The quantitative estimate of drug-likeness (QED) is 0.595. The van der Waals surface area contributed by atoms with Crippen LogP contribution in [0.2, 0.25) is 0 Å². The fourth-order valence-electron chi connectivity index (χ4n) is 4.24. The molecule has 1 aliphatic rings. The summed E-state index contributed by atoms with van der Waals surface area (Å²) in [7, 11) is 2.01. The average Bonchev–Trinajstić information content (AvgIpc) is 3.25. The molecular weight excluding hydrogens is 348 g/mol. The van der Waals surface area contributed by atoms with Crippen LogP contribution >= 0.6 is 0 Å². The fourth-order valence-corrected chi connectivity index (χ4v) is 4.24. The van der Waals surface area contributed by atoms with Crippen molar-refractivity contribution in [3.05, 3.63) is 65.1 Å². The summed E-state index contributed by atoms with van der Waals surface area (Å²) in [6.45, 7) is 4.27. The normalized spacial score (nSPS) is 16.3. The molecule has 28 heavy (non-hydrogen) atoms. The molecule has 1 unspecified atom stereocenters. The van der Waals surface area contributed by atoms with E-state index in [2.05, 4.69) is 53.6 Å². The van der Waals surface area contributed by atoms with Gasteiger partial charge in [-0.1, -0.05) is 23.8 Å². The van der Waals surface area contributed by atoms with Crippen LogP contribution in [0, 0.1) is 13.8 Å². The Balaban J connectivity index is 1.47. The van der Waals surface area contributed by atoms with Crippen LogP contribution in [0.5, 0.6) is 0 Å². The summed E-state index contributed by atoms with van der Waals surface area (Å²) in [5.74, 6) is 0.688. The molecule has 3 heterocycles. The number of anilines is 1. The first kappa shape index (κ1) is 17.0. The number of fused-ring (bicyclic) bond motifs is 2. The molecule has 1 atom stereocenters. The first-order valence-corrected chi connectivity index (χ1v) is 9.78. The van der Waals surface area contributed by atoms with Crippen molar-refractivity contribution >= 4 is 11.6 Å². The van der Waals surface area contributed by atoms with Crippen molar-refractivity contribution < 1.29 is 0 Å². The SMILES string of the molecule is Cc1ccc(-c2cccn3nc(NC4CCc5cnn(C)c5C4)nc23)c(C)c1. The number of rotatable bonds is 3. The van der Waals surface area contributed by atoms with Crippen molar-refractivity contribution in [2.45, 2.75) is 39.2 Å². The molecule has 0 saturated carbocycles. The Hall–Kier alpha value is -3.15. The largest absolute Gasteiger partial charge is 0.350 e. The summed E-state index contributed by atoms with van der Waals surface area (Å²) in [5.41, 5.74) is 8.38. The first-order chi connectivity index (χ1) is 13.6. The highest BCUT2D eigenvalue weighted by Crippen LogP contribution is 2.28. The van der Waals surface area contributed by atoms with Crippen LogP contribution in [0.3, 0.4) is 0 Å². The van der Waals surface area contributed by atoms with Gasteiger partial charge in [0.2, 0.25) is 5.95 Å². The summed E-state index contributed by atoms with van der Waals surface area (Å²) in [6, 6.07) is 11.0. The third-order valence-corrected chi connectivity index (χ3v) is 5.72. The number of aromatic nitrogens is 5. The predicted molar refractivity (Wildman–Crippen MR) is 111 cm³/mol. The Kier molecular flexibility index (Phi) is 3.93. The van der Waals surface area contributed by atoms with Gasteiger partial charge in [0.15, 0.2) is 5.65 Å². The van der Waals surface area contributed by atoms with E-state index in [9.17, 15) is 0 Å². The molecule has 0 aliphatic heterocycles. The highest BCUT2D eigenvalue weighted by atomic mass is 15.3. The van der Waals surface area contributed by atoms with E-state index in [1.54, 1.807) is 0 Å². The molecular formula is C22H24N6. The minimum Gasteiger partial charge on any atom is -0.350 e. The summed E-state index contributed by atoms with van der Waals surface area (Å²) in [6.07, 6.45) is 7.01. The Labute approximate surface area is 164 Å². The number of hydrogen-bond donors (Lipinski definition) is 1. The van der Waals surface area contributed by atoms with Crippen molar-refractivity contribution in [2.24, 2.45) is 7.05 Å². The summed E-state index contributed by atoms with van der Waals surface area (Å²) >= 11 is 0. The molecule has 1 aromatic carbocycles. The van der Waals surface area contributed by atoms with Gasteiger partial charge in [-0.25, -0.2) is 4.52 Å². The van der Waals surface area contributed by atoms with Gasteiger partial charge >= 0.3 is 0 Å². The number of benzene rings is 1. The predicted octanol–water partition coefficient (Wildman–Crippen LogP) is 3.72. The monoisotopic (exact) mass is 372 g/mol. The lowest BCUT2D eigenvalue weighted by atomic mass is 9.94. The molecule has 0 spiro atoms. The van der Waals surface area contributed by atoms with E-state index < -0.39 is 0 Å². The van der Waals surface area contributed by atoms with Crippen LogP contribution in [-0.4, -0.2) is 30.4 Å². The van der Waals surface area contributed by atoms with E-state index in [4.69, 9.17) is 4.98 Å². The number of hydrogen-bond acceptors (Lipinski definition) is 4. The summed E-state index contributed by atoms with van der Waals surface area (Å²) in [4.78, 5) is 4.83. The topological polar surface area (TPSA) is 60.0 Å². The molecule has 1 aliphatic carbocycles. The van der Waals surface area contributed by atoms with Crippen LogP contribution < -0.4 is 5.32 Å². The molecule has 0 radical (unpaired) electrons. The molecule has 5 rings (SSSR count). The average molecular weight is 372 g/mol. The van der Waals surface area contributed by atoms with Crippen molar-refractivity contribution in [1.82, 2.24) is 24.4 Å². The van der Waals surface area contributed by atoms with E-state index >= 15 is 0 Å². The molecule has 0 saturated heterocycles. The minimum absolute atomic E-state index is 0.324. The van der Waals surface area contributed by atoms with E-state index in [-0.39, 0.29) is 0 Å². The zero-order chi connectivity index (χ0) is 19.3. The Bertz CT molecular complexity index is 1170. The van der Waals surface area contributed by atoms with Crippen LogP contribution in [-0.2, 0) is 19.9 Å². The number of aryl methyl sites for hydroxylation is 4. The van der Waals surface area contributed by atoms with E-state index in [0.717, 1.165) is 30.5 Å². The lowest BCUT2D eigenvalue weighted by molar-refractivity contribution is 0.571. The molecule has 3 aromatic heterocycles. The number of pyridine rings is 1. The lowest BCUT2D eigenvalue weighted by Crippen LogP contribution is -2.28. The van der Waals surface area contributed by atoms with Gasteiger partial charge in [-0.2, -0.15) is 10.1 Å². The smallest absolute Gasteiger partial charge is 0.243 e. The molecule has 1 N–H and O–H groups in total. The summed E-state index contributed by atoms with van der Waals surface area (Å²) < 4.78 is 3.85. The van der Waals surface area contributed by atoms with Gasteiger partial charge in [0.25, 0.3) is 0 Å². The maximum Gasteiger partial charge on any atom is 0.243 e. The van der Waals surface area contributed by atoms with E-state index in [1.165, 1.54) is 27.9 Å². The second kappa shape index (κ2) is 6.48. The zero-order valence-corrected chi connectivity index (χ0v) is 16.5. The molecule has 0 fully saturated rings. The van der Waals surface area contributed by atoms with Gasteiger partial charge in [0, 0.05) is 37.0 Å². The molecule has 4 aromatic rings. The molecule has 6 nitrogen and oxygen atoms in total. The standard InChI is InChI=1S/C22H24N6/c1-14-6-9-18(15(2)11-14)19-5-4-10-28-21(19)25-22(26-28)24-17-8-7-16-13-23-27(3)20(16)12-17/h4-6,9-11,13,17H,7-8,12H2,1-3H3,(H,24,26). The number of nitrogens with zero attached hydrogens (tertiary/aromatic N) is 5. The third-order valence-electron chi connectivity index (χ3n) is 5.72. The number of nitrogens with one attached hydrogen (secondary N) is 1. The maximum absolute atomic E-state index is 4.83. The van der Waals surface area contributed by atoms with Crippen molar-refractivity contribution in [3.63, 3.8) is 0 Å². The van der Waals surface area contributed by atoms with Crippen LogP contribution in [0.25, 0.3) is 16.8 Å². The summed E-state index contributed by atoms with van der Waals surface area (Å²) in [5, 5.41) is 12.6. The molecule has 6 heteroatoms. The van der Waals surface area contributed by atoms with E-state index in [1.807, 2.05) is 34.7 Å². The highest BCUT2D eigenvalue weighted by Gasteiger charge is 2.23. The van der Waals surface area contributed by atoms with Gasteiger partial charge in [-0.3, -0.25) is 4.68 Å². The Morgan fingerprint density at radius 3 is 2.89 bits per heavy atom. The molecule has 0 amide bonds. The van der Waals surface area contributed by atoms with Gasteiger partial charge in [-0.05, 0) is 55.5 Å². The van der Waals surface area contributed by atoms with E-state index in [0.29, 0.717) is 12.0 Å². The van der Waals surface area contributed by atoms with Crippen molar-refractivity contribution in [2.75, 3.05) is 5.32 Å². The van der Waals surface area contributed by atoms with Crippen LogP contribution in [0.1, 0.15) is 28.8 Å². The second-order valence-electron chi connectivity index (χ2n) is 7.77. The highest BCUT2D eigenvalue weighted by molar-refractivity contribution is 5.80. The molecule has 0 bridgehead atoms. The third kappa shape index (κ3) is 2.85. The first-order valence-electron chi connectivity index (χ1n) is 9.78. The van der Waals surface area contributed by atoms with Gasteiger partial charge in [0.05, 0.1) is 6.20 Å². The second-order valence-corrected chi connectivity index (χ2v) is 7.77. The zero-order valence-electron chi connectivity index (χ0n) is 16.5. The maximum atomic E-state index is 4.83. The molecule has 142 valence electrons. The van der Waals surface area contributed by atoms with Gasteiger partial charge < -0.3 is 5.32 Å². The van der Waals surface area contributed by atoms with Crippen LogP contribution in [0.15, 0.2) is 42.7 Å². The van der Waals surface area contributed by atoms with Gasteiger partial charge in [0.1, 0.15) is 0 Å². The minimum atomic E-state index is 0.324.